The highest BCUT2D eigenvalue weighted by Crippen LogP contribution is 2.24. The average molecular weight is 416 g/mol. The zero-order valence-electron chi connectivity index (χ0n) is 17.2. The maximum atomic E-state index is 12.5. The van der Waals surface area contributed by atoms with Gasteiger partial charge in [0.25, 0.3) is 17.5 Å². The standard InChI is InChI=1S/C20H24N4O6/c1-5-29-15-7-9-16(10-8-15)30-13(2)19(25)21-22-20(26)17-12-14(24(27)28)6-11-18(17)23(3)4/h6-13H,5H2,1-4H3,(H,21,25)(H,22,26)/t13-/m0/s1. The fraction of sp³-hybridized carbons (Fsp3) is 0.300. The molecule has 0 heterocycles. The van der Waals surface area contributed by atoms with E-state index in [2.05, 4.69) is 10.9 Å². The number of nitrogens with zero attached hydrogens (tertiary/aromatic N) is 2. The van der Waals surface area contributed by atoms with Crippen molar-refractivity contribution in [2.24, 2.45) is 0 Å². The number of amides is 2. The molecule has 0 aliphatic heterocycles. The Labute approximate surface area is 173 Å². The van der Waals surface area contributed by atoms with E-state index in [4.69, 9.17) is 9.47 Å². The van der Waals surface area contributed by atoms with Crippen LogP contribution in [0.1, 0.15) is 24.2 Å². The first-order valence-electron chi connectivity index (χ1n) is 9.18. The lowest BCUT2D eigenvalue weighted by Crippen LogP contribution is -2.47. The topological polar surface area (TPSA) is 123 Å². The molecular weight excluding hydrogens is 392 g/mol. The molecule has 0 saturated heterocycles. The zero-order chi connectivity index (χ0) is 22.3. The molecule has 0 saturated carbocycles. The Bertz CT molecular complexity index is 914. The molecule has 10 heteroatoms. The number of ether oxygens (including phenoxy) is 2. The fourth-order valence-corrected chi connectivity index (χ4v) is 2.54. The summed E-state index contributed by atoms with van der Waals surface area (Å²) in [5.74, 6) is -0.137. The number of benzene rings is 2. The van der Waals surface area contributed by atoms with Crippen molar-refractivity contribution < 1.29 is 24.0 Å². The van der Waals surface area contributed by atoms with Crippen molar-refractivity contribution in [2.45, 2.75) is 20.0 Å². The molecule has 10 nitrogen and oxygen atoms in total. The molecule has 0 spiro atoms. The summed E-state index contributed by atoms with van der Waals surface area (Å²) < 4.78 is 10.9. The number of hydrogen-bond acceptors (Lipinski definition) is 7. The van der Waals surface area contributed by atoms with Gasteiger partial charge in [-0.05, 0) is 44.2 Å². The van der Waals surface area contributed by atoms with E-state index in [1.54, 1.807) is 43.3 Å². The second-order valence-electron chi connectivity index (χ2n) is 6.46. The van der Waals surface area contributed by atoms with Crippen LogP contribution in [0.4, 0.5) is 11.4 Å². The second-order valence-corrected chi connectivity index (χ2v) is 6.46. The van der Waals surface area contributed by atoms with Crippen molar-refractivity contribution in [1.82, 2.24) is 10.9 Å². The minimum Gasteiger partial charge on any atom is -0.494 e. The molecule has 0 radical (unpaired) electrons. The maximum absolute atomic E-state index is 12.5. The molecule has 0 aliphatic rings. The molecule has 0 unspecified atom stereocenters. The van der Waals surface area contributed by atoms with Crippen LogP contribution in [-0.4, -0.2) is 43.5 Å². The first kappa shape index (κ1) is 22.5. The molecule has 0 bridgehead atoms. The van der Waals surface area contributed by atoms with E-state index in [1.807, 2.05) is 6.92 Å². The number of nitro groups is 1. The van der Waals surface area contributed by atoms with Crippen molar-refractivity contribution >= 4 is 23.2 Å². The van der Waals surface area contributed by atoms with Gasteiger partial charge in [0.05, 0.1) is 17.1 Å². The Morgan fingerprint density at radius 3 is 2.30 bits per heavy atom. The van der Waals surface area contributed by atoms with Crippen molar-refractivity contribution in [2.75, 3.05) is 25.6 Å². The smallest absolute Gasteiger partial charge is 0.279 e. The van der Waals surface area contributed by atoms with Crippen LogP contribution < -0.4 is 25.2 Å². The van der Waals surface area contributed by atoms with Gasteiger partial charge in [-0.15, -0.1) is 0 Å². The number of nitro benzene ring substituents is 1. The van der Waals surface area contributed by atoms with Crippen molar-refractivity contribution in [3.8, 4) is 11.5 Å². The maximum Gasteiger partial charge on any atom is 0.279 e. The third-order valence-electron chi connectivity index (χ3n) is 4.03. The fourth-order valence-electron chi connectivity index (χ4n) is 2.54. The number of hydrazine groups is 1. The van der Waals surface area contributed by atoms with Gasteiger partial charge in [0.15, 0.2) is 6.10 Å². The molecule has 30 heavy (non-hydrogen) atoms. The monoisotopic (exact) mass is 416 g/mol. The van der Waals surface area contributed by atoms with Crippen LogP contribution in [0.25, 0.3) is 0 Å². The average Bonchev–Trinajstić information content (AvgIpc) is 2.72. The van der Waals surface area contributed by atoms with Gasteiger partial charge in [-0.3, -0.25) is 30.6 Å². The predicted molar refractivity (Wildman–Crippen MR) is 111 cm³/mol. The number of anilines is 1. The zero-order valence-corrected chi connectivity index (χ0v) is 17.2. The Morgan fingerprint density at radius 1 is 1.10 bits per heavy atom. The Morgan fingerprint density at radius 2 is 1.73 bits per heavy atom. The SMILES string of the molecule is CCOc1ccc(O[C@@H](C)C(=O)NNC(=O)c2cc([N+](=O)[O-])ccc2N(C)C)cc1. The van der Waals surface area contributed by atoms with E-state index in [0.29, 0.717) is 23.8 Å². The van der Waals surface area contributed by atoms with Crippen LogP contribution in [0.15, 0.2) is 42.5 Å². The summed E-state index contributed by atoms with van der Waals surface area (Å²) in [5.41, 5.74) is 4.82. The Balaban J connectivity index is 2.00. The summed E-state index contributed by atoms with van der Waals surface area (Å²) in [6, 6.07) is 10.7. The van der Waals surface area contributed by atoms with Gasteiger partial charge in [0.2, 0.25) is 0 Å². The van der Waals surface area contributed by atoms with E-state index < -0.39 is 22.8 Å². The van der Waals surface area contributed by atoms with Gasteiger partial charge in [-0.2, -0.15) is 0 Å². The highest BCUT2D eigenvalue weighted by Gasteiger charge is 2.20. The van der Waals surface area contributed by atoms with Gasteiger partial charge in [-0.25, -0.2) is 0 Å². The molecule has 1 atom stereocenters. The minimum atomic E-state index is -0.901. The largest absolute Gasteiger partial charge is 0.494 e. The molecule has 2 rings (SSSR count). The lowest BCUT2D eigenvalue weighted by Gasteiger charge is -2.18. The van der Waals surface area contributed by atoms with Crippen LogP contribution in [0.5, 0.6) is 11.5 Å². The third-order valence-corrected chi connectivity index (χ3v) is 4.03. The van der Waals surface area contributed by atoms with Crippen LogP contribution in [0, 0.1) is 10.1 Å². The Hall–Kier alpha value is -3.82. The van der Waals surface area contributed by atoms with Crippen LogP contribution in [0.2, 0.25) is 0 Å². The molecule has 2 N–H and O–H groups in total. The normalized spacial score (nSPS) is 11.2. The Kier molecular flexibility index (Phi) is 7.56. The van der Waals surface area contributed by atoms with Gasteiger partial charge in [0, 0.05) is 31.9 Å². The highest BCUT2D eigenvalue weighted by molar-refractivity contribution is 6.01. The van der Waals surface area contributed by atoms with Crippen LogP contribution >= 0.6 is 0 Å². The van der Waals surface area contributed by atoms with Crippen LogP contribution in [-0.2, 0) is 4.79 Å². The lowest BCUT2D eigenvalue weighted by molar-refractivity contribution is -0.384. The number of non-ortho nitro benzene ring substituents is 1. The summed E-state index contributed by atoms with van der Waals surface area (Å²) in [7, 11) is 3.40. The lowest BCUT2D eigenvalue weighted by atomic mass is 10.1. The molecule has 2 aromatic carbocycles. The summed E-state index contributed by atoms with van der Waals surface area (Å²) in [5, 5.41) is 11.0. The number of carbonyl (C=O) groups is 2. The summed E-state index contributed by atoms with van der Waals surface area (Å²) in [6.45, 7) is 3.94. The van der Waals surface area contributed by atoms with Gasteiger partial charge < -0.3 is 14.4 Å². The molecule has 2 aromatic rings. The quantitative estimate of drug-likeness (QED) is 0.500. The van der Waals surface area contributed by atoms with Crippen molar-refractivity contribution in [3.05, 3.63) is 58.1 Å². The molecule has 160 valence electrons. The summed E-state index contributed by atoms with van der Waals surface area (Å²) in [4.78, 5) is 36.8. The predicted octanol–water partition coefficient (Wildman–Crippen LogP) is 2.29. The molecule has 2 amide bonds. The van der Waals surface area contributed by atoms with E-state index in [-0.39, 0.29) is 11.3 Å². The summed E-state index contributed by atoms with van der Waals surface area (Å²) >= 11 is 0. The number of hydrogen-bond donors (Lipinski definition) is 2. The van der Waals surface area contributed by atoms with Crippen molar-refractivity contribution in [1.29, 1.82) is 0 Å². The number of rotatable bonds is 8. The number of carbonyl (C=O) groups excluding carboxylic acids is 2. The molecule has 0 aliphatic carbocycles. The van der Waals surface area contributed by atoms with Gasteiger partial charge >= 0.3 is 0 Å². The van der Waals surface area contributed by atoms with E-state index >= 15 is 0 Å². The minimum absolute atomic E-state index is 0.0505. The van der Waals surface area contributed by atoms with Gasteiger partial charge in [0.1, 0.15) is 11.5 Å². The first-order chi connectivity index (χ1) is 14.2. The van der Waals surface area contributed by atoms with E-state index in [9.17, 15) is 19.7 Å². The molecule has 0 aromatic heterocycles. The number of nitrogens with one attached hydrogen (secondary N) is 2. The highest BCUT2D eigenvalue weighted by atomic mass is 16.6. The summed E-state index contributed by atoms with van der Waals surface area (Å²) in [6.07, 6.45) is -0.901. The first-order valence-corrected chi connectivity index (χ1v) is 9.18. The second kappa shape index (κ2) is 10.1. The van der Waals surface area contributed by atoms with Crippen molar-refractivity contribution in [3.63, 3.8) is 0 Å². The molecule has 0 fully saturated rings. The van der Waals surface area contributed by atoms with E-state index in [0.717, 1.165) is 6.07 Å². The van der Waals surface area contributed by atoms with Gasteiger partial charge in [-0.1, -0.05) is 0 Å². The van der Waals surface area contributed by atoms with Crippen LogP contribution in [0.3, 0.4) is 0 Å². The third kappa shape index (κ3) is 5.84. The van der Waals surface area contributed by atoms with E-state index in [1.165, 1.54) is 19.1 Å². The molecular formula is C20H24N4O6.